The summed E-state index contributed by atoms with van der Waals surface area (Å²) in [6.45, 7) is 22.5. The molecule has 3 aliphatic rings. The van der Waals surface area contributed by atoms with Crippen LogP contribution in [0.2, 0.25) is 0 Å². The van der Waals surface area contributed by atoms with Crippen molar-refractivity contribution in [2.24, 2.45) is 32.0 Å². The molecule has 0 spiro atoms. The molecule has 296 valence electrons. The monoisotopic (exact) mass is 762 g/mol. The van der Waals surface area contributed by atoms with Gasteiger partial charge in [0.05, 0.1) is 13.2 Å². The van der Waals surface area contributed by atoms with E-state index in [1.54, 1.807) is 24.3 Å². The first-order valence-electron chi connectivity index (χ1n) is 18.9. The molecule has 4 aromatic rings. The number of oxime groups is 2. The van der Waals surface area contributed by atoms with Crippen molar-refractivity contribution in [2.45, 2.75) is 80.6 Å². The summed E-state index contributed by atoms with van der Waals surface area (Å²) in [6, 6.07) is 29.0. The first-order valence-corrected chi connectivity index (χ1v) is 18.9. The molecule has 3 aliphatic heterocycles. The van der Waals surface area contributed by atoms with Crippen LogP contribution in [0.5, 0.6) is 11.5 Å². The van der Waals surface area contributed by atoms with E-state index in [1.165, 1.54) is 5.57 Å². The standard InChI is InChI=1S/C23H27NO5.C23H27NO3/c1-20(2,3)23-21(4,5)14-27-22(23,28-29-23)16-11-12-17(18(25)13-16)19(24-26)15-9-7-6-8-10-15;1-22(2,3)21-20(27-14-23(21,4)5)16-11-12-17(18(25)13-16)19(24-26)15-9-7-6-8-10-15/h6-13,25-26H,14H2,1-5H3;6-13,25-26H,14H2,1-5H3/b2*24-19+. The first kappa shape index (κ1) is 40.5. The van der Waals surface area contributed by atoms with Gasteiger partial charge in [0.1, 0.15) is 28.7 Å². The molecule has 3 heterocycles. The maximum Gasteiger partial charge on any atom is 0.261 e. The highest BCUT2D eigenvalue weighted by Gasteiger charge is 2.81. The van der Waals surface area contributed by atoms with Gasteiger partial charge in [-0.2, -0.15) is 4.89 Å². The third kappa shape index (κ3) is 6.63. The van der Waals surface area contributed by atoms with Crippen molar-refractivity contribution in [2.75, 3.05) is 13.2 Å². The summed E-state index contributed by atoms with van der Waals surface area (Å²) in [4.78, 5) is 11.5. The van der Waals surface area contributed by atoms with Gasteiger partial charge in [-0.25, -0.2) is 4.89 Å². The van der Waals surface area contributed by atoms with Gasteiger partial charge >= 0.3 is 0 Å². The van der Waals surface area contributed by atoms with Crippen LogP contribution in [0.15, 0.2) is 113 Å². The normalized spacial score (nSPS) is 23.1. The van der Waals surface area contributed by atoms with Crippen LogP contribution in [0.4, 0.5) is 0 Å². The minimum atomic E-state index is -1.12. The lowest BCUT2D eigenvalue weighted by molar-refractivity contribution is -0.626. The largest absolute Gasteiger partial charge is 0.507 e. The lowest BCUT2D eigenvalue weighted by Gasteiger charge is -2.61. The van der Waals surface area contributed by atoms with Gasteiger partial charge in [0, 0.05) is 49.6 Å². The molecule has 0 aliphatic carbocycles. The molecule has 0 aromatic heterocycles. The predicted molar refractivity (Wildman–Crippen MR) is 216 cm³/mol. The van der Waals surface area contributed by atoms with Crippen molar-refractivity contribution in [3.63, 3.8) is 0 Å². The Bertz CT molecular complexity index is 2180. The number of fused-ring (bicyclic) bond motifs is 1. The van der Waals surface area contributed by atoms with Gasteiger partial charge in [0.2, 0.25) is 0 Å². The van der Waals surface area contributed by atoms with Crippen molar-refractivity contribution < 1.29 is 39.9 Å². The van der Waals surface area contributed by atoms with E-state index in [2.05, 4.69) is 79.5 Å². The summed E-state index contributed by atoms with van der Waals surface area (Å²) < 4.78 is 12.2. The van der Waals surface area contributed by atoms with E-state index >= 15 is 0 Å². The molecule has 4 aromatic carbocycles. The number of phenolic OH excluding ortho intramolecular Hbond substituents is 2. The van der Waals surface area contributed by atoms with Crippen LogP contribution in [0, 0.1) is 21.7 Å². The SMILES string of the molecule is CC(C)(C)C12OOC1(c1ccc(/C(=N/O)c3ccccc3)c(O)c1)OCC2(C)C.CC(C)(C)C1=C(c2ccc(/C(=N/O)c3ccccc3)c(O)c2)OCC1(C)C. The molecule has 0 radical (unpaired) electrons. The van der Waals surface area contributed by atoms with Crippen molar-refractivity contribution in [1.29, 1.82) is 0 Å². The molecule has 0 saturated carbocycles. The number of hydrogen-bond donors (Lipinski definition) is 4. The molecular formula is C46H54N2O8. The fourth-order valence-corrected chi connectivity index (χ4v) is 9.06. The Hall–Kier alpha value is -5.16. The Labute approximate surface area is 329 Å². The quantitative estimate of drug-likeness (QED) is 0.0658. The lowest BCUT2D eigenvalue weighted by atomic mass is 9.57. The third-order valence-electron chi connectivity index (χ3n) is 11.1. The van der Waals surface area contributed by atoms with E-state index in [0.717, 1.165) is 16.9 Å². The Morgan fingerprint density at radius 3 is 1.59 bits per heavy atom. The molecule has 7 rings (SSSR count). The second-order valence-corrected chi connectivity index (χ2v) is 18.1. The van der Waals surface area contributed by atoms with Crippen molar-refractivity contribution >= 4 is 17.2 Å². The minimum Gasteiger partial charge on any atom is -0.507 e. The molecule has 2 fully saturated rings. The second-order valence-electron chi connectivity index (χ2n) is 18.1. The van der Waals surface area contributed by atoms with Crippen molar-refractivity contribution in [3.8, 4) is 11.5 Å². The van der Waals surface area contributed by atoms with Crippen molar-refractivity contribution in [1.82, 2.24) is 0 Å². The van der Waals surface area contributed by atoms with E-state index in [9.17, 15) is 20.6 Å². The van der Waals surface area contributed by atoms with Gasteiger partial charge in [-0.15, -0.1) is 0 Å². The van der Waals surface area contributed by atoms with Gasteiger partial charge in [0.15, 0.2) is 5.60 Å². The fourth-order valence-electron chi connectivity index (χ4n) is 9.06. The Morgan fingerprint density at radius 2 is 1.16 bits per heavy atom. The van der Waals surface area contributed by atoms with E-state index in [1.807, 2.05) is 72.8 Å². The average molecular weight is 763 g/mol. The minimum absolute atomic E-state index is 0.0276. The van der Waals surface area contributed by atoms with E-state index in [-0.39, 0.29) is 38.9 Å². The Balaban J connectivity index is 0.000000190. The highest BCUT2D eigenvalue weighted by atomic mass is 17.3. The zero-order valence-electron chi connectivity index (χ0n) is 34.0. The molecule has 56 heavy (non-hydrogen) atoms. The van der Waals surface area contributed by atoms with Gasteiger partial charge in [-0.1, -0.05) is 152 Å². The van der Waals surface area contributed by atoms with Gasteiger partial charge in [-0.05, 0) is 35.3 Å². The molecule has 2 unspecified atom stereocenters. The number of nitrogens with zero attached hydrogens (tertiary/aromatic N) is 2. The summed E-state index contributed by atoms with van der Waals surface area (Å²) >= 11 is 0. The molecule has 2 saturated heterocycles. The van der Waals surface area contributed by atoms with Gasteiger partial charge < -0.3 is 30.1 Å². The molecule has 4 N–H and O–H groups in total. The summed E-state index contributed by atoms with van der Waals surface area (Å²) in [5.41, 5.74) is 4.22. The predicted octanol–water partition coefficient (Wildman–Crippen LogP) is 10.0. The summed E-state index contributed by atoms with van der Waals surface area (Å²) in [5.74, 6) is -0.261. The van der Waals surface area contributed by atoms with Crippen LogP contribution >= 0.6 is 0 Å². The third-order valence-corrected chi connectivity index (χ3v) is 11.1. The molecule has 10 heteroatoms. The highest BCUT2D eigenvalue weighted by Crippen LogP contribution is 2.69. The van der Waals surface area contributed by atoms with E-state index < -0.39 is 11.4 Å². The summed E-state index contributed by atoms with van der Waals surface area (Å²) in [7, 11) is 0. The van der Waals surface area contributed by atoms with Gasteiger partial charge in [-0.3, -0.25) is 0 Å². The van der Waals surface area contributed by atoms with E-state index in [4.69, 9.17) is 19.2 Å². The highest BCUT2D eigenvalue weighted by molar-refractivity contribution is 6.14. The Kier molecular flexibility index (Phi) is 10.4. The zero-order chi connectivity index (χ0) is 40.9. The molecular weight excluding hydrogens is 709 g/mol. The lowest BCUT2D eigenvalue weighted by Crippen LogP contribution is -2.73. The maximum atomic E-state index is 10.8. The van der Waals surface area contributed by atoms with E-state index in [0.29, 0.717) is 41.2 Å². The molecule has 0 amide bonds. The maximum absolute atomic E-state index is 10.8. The number of phenols is 2. The number of ether oxygens (including phenoxy) is 2. The van der Waals surface area contributed by atoms with Crippen LogP contribution in [0.3, 0.4) is 0 Å². The number of rotatable bonds is 6. The number of benzene rings is 4. The zero-order valence-corrected chi connectivity index (χ0v) is 34.0. The average Bonchev–Trinajstić information content (AvgIpc) is 3.54. The second kappa shape index (κ2) is 14.4. The molecule has 10 nitrogen and oxygen atoms in total. The Morgan fingerprint density at radius 1 is 0.643 bits per heavy atom. The molecule has 0 bridgehead atoms. The van der Waals surface area contributed by atoms with Crippen LogP contribution < -0.4 is 0 Å². The fraction of sp³-hybridized carbons (Fsp3) is 0.391. The number of aromatic hydroxyl groups is 2. The van der Waals surface area contributed by atoms with Crippen LogP contribution in [0.25, 0.3) is 5.76 Å². The molecule has 2 atom stereocenters. The van der Waals surface area contributed by atoms with Crippen LogP contribution in [-0.2, 0) is 25.0 Å². The van der Waals surface area contributed by atoms with Crippen LogP contribution in [-0.4, -0.2) is 50.9 Å². The first-order chi connectivity index (χ1) is 26.2. The summed E-state index contributed by atoms with van der Waals surface area (Å²) in [6.07, 6.45) is 0. The topological polar surface area (TPSA) is 143 Å². The number of hydrogen-bond acceptors (Lipinski definition) is 10. The summed E-state index contributed by atoms with van der Waals surface area (Å²) in [5, 5.41) is 47.4. The van der Waals surface area contributed by atoms with Crippen LogP contribution in [0.1, 0.15) is 103 Å². The van der Waals surface area contributed by atoms with Gasteiger partial charge in [0.25, 0.3) is 5.79 Å². The van der Waals surface area contributed by atoms with Crippen molar-refractivity contribution in [3.05, 3.63) is 136 Å². The smallest absolute Gasteiger partial charge is 0.261 e.